The molecular weight excluding hydrogens is 412 g/mol. The number of pyridine rings is 1. The third-order valence-electron chi connectivity index (χ3n) is 4.56. The summed E-state index contributed by atoms with van der Waals surface area (Å²) in [5.74, 6) is 0. The Bertz CT molecular complexity index is 1220. The summed E-state index contributed by atoms with van der Waals surface area (Å²) in [6, 6.07) is 9.32. The van der Waals surface area contributed by atoms with Gasteiger partial charge in [0.15, 0.2) is 5.13 Å². The van der Waals surface area contributed by atoms with Gasteiger partial charge in [0, 0.05) is 23.9 Å². The molecule has 3 aromatic heterocycles. The molecule has 0 aliphatic carbocycles. The number of nitrogens with zero attached hydrogens (tertiary/aromatic N) is 4. The van der Waals surface area contributed by atoms with Crippen LogP contribution in [0.3, 0.4) is 0 Å². The fourth-order valence-corrected chi connectivity index (χ4v) is 4.01. The van der Waals surface area contributed by atoms with Gasteiger partial charge in [-0.3, -0.25) is 20.3 Å². The zero-order chi connectivity index (χ0) is 22.0. The summed E-state index contributed by atoms with van der Waals surface area (Å²) in [4.78, 5) is 29.9. The number of amides is 2. The highest BCUT2D eigenvalue weighted by atomic mass is 32.1. The SMILES string of the molecule is CCNC(=O)Nc1nc2cc(-c3cnc(C(C)(C)O)cn3)cc(-c3ccccn3)c2s1. The summed E-state index contributed by atoms with van der Waals surface area (Å²) in [7, 11) is 0. The second-order valence-corrected chi connectivity index (χ2v) is 8.44. The lowest BCUT2D eigenvalue weighted by Crippen LogP contribution is -2.28. The van der Waals surface area contributed by atoms with Crippen molar-refractivity contribution in [1.29, 1.82) is 0 Å². The minimum Gasteiger partial charge on any atom is -0.384 e. The molecule has 0 spiro atoms. The van der Waals surface area contributed by atoms with E-state index in [0.29, 0.717) is 23.1 Å². The van der Waals surface area contributed by atoms with E-state index in [1.807, 2.05) is 37.3 Å². The molecule has 3 heterocycles. The predicted molar refractivity (Wildman–Crippen MR) is 122 cm³/mol. The van der Waals surface area contributed by atoms with Gasteiger partial charge >= 0.3 is 6.03 Å². The third kappa shape index (κ3) is 4.52. The lowest BCUT2D eigenvalue weighted by Gasteiger charge is -2.16. The maximum Gasteiger partial charge on any atom is 0.321 e. The monoisotopic (exact) mass is 434 g/mol. The number of benzene rings is 1. The molecule has 0 bridgehead atoms. The number of aromatic nitrogens is 4. The molecule has 4 aromatic rings. The van der Waals surface area contributed by atoms with Crippen LogP contribution in [0.4, 0.5) is 9.93 Å². The molecule has 0 unspecified atom stereocenters. The number of carbonyl (C=O) groups excluding carboxylic acids is 1. The second kappa shape index (κ2) is 8.37. The first kappa shape index (κ1) is 20.8. The number of hydrogen-bond donors (Lipinski definition) is 3. The predicted octanol–water partition coefficient (Wildman–Crippen LogP) is 4.18. The van der Waals surface area contributed by atoms with Crippen LogP contribution in [-0.4, -0.2) is 37.6 Å². The zero-order valence-corrected chi connectivity index (χ0v) is 18.2. The van der Waals surface area contributed by atoms with Crippen molar-refractivity contribution in [1.82, 2.24) is 25.3 Å². The molecule has 0 radical (unpaired) electrons. The first-order valence-corrected chi connectivity index (χ1v) is 10.6. The highest BCUT2D eigenvalue weighted by molar-refractivity contribution is 7.22. The first-order chi connectivity index (χ1) is 14.8. The Kier molecular flexibility index (Phi) is 5.62. The van der Waals surface area contributed by atoms with Gasteiger partial charge in [0.05, 0.1) is 39.7 Å². The Morgan fingerprint density at radius 1 is 1.13 bits per heavy atom. The molecule has 8 nitrogen and oxygen atoms in total. The normalized spacial score (nSPS) is 11.5. The molecule has 0 fully saturated rings. The molecule has 1 aromatic carbocycles. The maximum absolute atomic E-state index is 11.9. The average Bonchev–Trinajstić information content (AvgIpc) is 3.15. The first-order valence-electron chi connectivity index (χ1n) is 9.81. The Morgan fingerprint density at radius 2 is 1.97 bits per heavy atom. The molecule has 3 N–H and O–H groups in total. The van der Waals surface area contributed by atoms with E-state index in [-0.39, 0.29) is 6.03 Å². The number of anilines is 1. The van der Waals surface area contributed by atoms with Crippen LogP contribution >= 0.6 is 11.3 Å². The van der Waals surface area contributed by atoms with Gasteiger partial charge in [-0.2, -0.15) is 0 Å². The van der Waals surface area contributed by atoms with E-state index in [4.69, 9.17) is 0 Å². The van der Waals surface area contributed by atoms with Crippen molar-refractivity contribution in [2.24, 2.45) is 0 Å². The van der Waals surface area contributed by atoms with Crippen molar-refractivity contribution >= 4 is 32.7 Å². The minimum absolute atomic E-state index is 0.297. The number of nitrogens with one attached hydrogen (secondary N) is 2. The fraction of sp³-hybridized carbons (Fsp3) is 0.227. The van der Waals surface area contributed by atoms with Crippen molar-refractivity contribution in [2.75, 3.05) is 11.9 Å². The second-order valence-electron chi connectivity index (χ2n) is 7.44. The van der Waals surface area contributed by atoms with Gasteiger partial charge in [0.2, 0.25) is 0 Å². The van der Waals surface area contributed by atoms with Gasteiger partial charge in [0.1, 0.15) is 5.60 Å². The van der Waals surface area contributed by atoms with E-state index in [9.17, 15) is 9.90 Å². The van der Waals surface area contributed by atoms with Gasteiger partial charge in [-0.15, -0.1) is 0 Å². The lowest BCUT2D eigenvalue weighted by atomic mass is 10.0. The van der Waals surface area contributed by atoms with Crippen molar-refractivity contribution in [2.45, 2.75) is 26.4 Å². The summed E-state index contributed by atoms with van der Waals surface area (Å²) in [5.41, 5.74) is 3.30. The van der Waals surface area contributed by atoms with E-state index in [1.54, 1.807) is 32.4 Å². The minimum atomic E-state index is -1.07. The molecule has 4 rings (SSSR count). The van der Waals surface area contributed by atoms with Gasteiger partial charge in [0.25, 0.3) is 0 Å². The van der Waals surface area contributed by atoms with E-state index >= 15 is 0 Å². The van der Waals surface area contributed by atoms with Crippen LogP contribution in [-0.2, 0) is 5.60 Å². The lowest BCUT2D eigenvalue weighted by molar-refractivity contribution is 0.0734. The molecule has 158 valence electrons. The van der Waals surface area contributed by atoms with Crippen molar-refractivity contribution in [3.63, 3.8) is 0 Å². The van der Waals surface area contributed by atoms with Crippen LogP contribution < -0.4 is 10.6 Å². The van der Waals surface area contributed by atoms with Crippen molar-refractivity contribution in [3.05, 3.63) is 54.6 Å². The van der Waals surface area contributed by atoms with Crippen LogP contribution in [0.5, 0.6) is 0 Å². The smallest absolute Gasteiger partial charge is 0.321 e. The number of carbonyl (C=O) groups is 1. The van der Waals surface area contributed by atoms with Crippen LogP contribution in [0.1, 0.15) is 26.5 Å². The van der Waals surface area contributed by atoms with Crippen molar-refractivity contribution in [3.8, 4) is 22.5 Å². The Labute approximate surface area is 183 Å². The number of urea groups is 1. The van der Waals surface area contributed by atoms with Crippen LogP contribution in [0.2, 0.25) is 0 Å². The Hall–Kier alpha value is -3.43. The Balaban J connectivity index is 1.82. The van der Waals surface area contributed by atoms with E-state index in [0.717, 1.165) is 27.0 Å². The summed E-state index contributed by atoms with van der Waals surface area (Å²) in [5, 5.41) is 16.1. The molecule has 0 aliphatic heterocycles. The fourth-order valence-electron chi connectivity index (χ4n) is 3.04. The average molecular weight is 435 g/mol. The number of thiazole rings is 1. The van der Waals surface area contributed by atoms with E-state index in [2.05, 4.69) is 30.6 Å². The standard InChI is InChI=1S/C22H22N6O2S/c1-4-23-20(29)28-21-27-16-10-13(17-11-26-18(12-25-17)22(2,3)30)9-14(19(16)31-21)15-7-5-6-8-24-15/h5-12,30H,4H2,1-3H3,(H2,23,27,28,29). The van der Waals surface area contributed by atoms with Crippen LogP contribution in [0.25, 0.3) is 32.7 Å². The number of fused-ring (bicyclic) bond motifs is 1. The topological polar surface area (TPSA) is 113 Å². The third-order valence-corrected chi connectivity index (χ3v) is 5.58. The highest BCUT2D eigenvalue weighted by Gasteiger charge is 2.19. The number of aliphatic hydroxyl groups is 1. The van der Waals surface area contributed by atoms with E-state index < -0.39 is 5.60 Å². The summed E-state index contributed by atoms with van der Waals surface area (Å²) >= 11 is 1.39. The highest BCUT2D eigenvalue weighted by Crippen LogP contribution is 2.37. The van der Waals surface area contributed by atoms with E-state index in [1.165, 1.54) is 11.3 Å². The largest absolute Gasteiger partial charge is 0.384 e. The summed E-state index contributed by atoms with van der Waals surface area (Å²) < 4.78 is 0.912. The van der Waals surface area contributed by atoms with Crippen LogP contribution in [0.15, 0.2) is 48.9 Å². The Morgan fingerprint density at radius 3 is 2.61 bits per heavy atom. The summed E-state index contributed by atoms with van der Waals surface area (Å²) in [6.45, 7) is 5.72. The van der Waals surface area contributed by atoms with Gasteiger partial charge < -0.3 is 10.4 Å². The zero-order valence-electron chi connectivity index (χ0n) is 17.4. The van der Waals surface area contributed by atoms with Crippen LogP contribution in [0, 0.1) is 0 Å². The van der Waals surface area contributed by atoms with Gasteiger partial charge in [-0.25, -0.2) is 9.78 Å². The number of hydrogen-bond acceptors (Lipinski definition) is 7. The van der Waals surface area contributed by atoms with Crippen molar-refractivity contribution < 1.29 is 9.90 Å². The molecular formula is C22H22N6O2S. The number of rotatable bonds is 5. The molecule has 0 saturated heterocycles. The maximum atomic E-state index is 11.9. The molecule has 31 heavy (non-hydrogen) atoms. The molecule has 0 saturated carbocycles. The van der Waals surface area contributed by atoms with Gasteiger partial charge in [-0.1, -0.05) is 17.4 Å². The summed E-state index contributed by atoms with van der Waals surface area (Å²) in [6.07, 6.45) is 4.95. The molecule has 0 aliphatic rings. The molecule has 2 amide bonds. The molecule has 9 heteroatoms. The van der Waals surface area contributed by atoms with Gasteiger partial charge in [-0.05, 0) is 45.0 Å². The quantitative estimate of drug-likeness (QED) is 0.434. The molecule has 0 atom stereocenters.